The average Bonchev–Trinajstić information content (AvgIpc) is 2.74. The summed E-state index contributed by atoms with van der Waals surface area (Å²) in [5.74, 6) is 0.567. The van der Waals surface area contributed by atoms with Gasteiger partial charge in [0.05, 0.1) is 10.6 Å². The van der Waals surface area contributed by atoms with Crippen LogP contribution in [-0.2, 0) is 4.79 Å². The number of para-hydroxylation sites is 1. The number of aliphatic hydroxyl groups is 1. The Bertz CT molecular complexity index is 410. The third-order valence-electron chi connectivity index (χ3n) is 2.70. The van der Waals surface area contributed by atoms with Crippen LogP contribution in [0.4, 0.5) is 0 Å². The summed E-state index contributed by atoms with van der Waals surface area (Å²) in [6, 6.07) is 7.40. The Morgan fingerprint density at radius 3 is 2.94 bits per heavy atom. The van der Waals surface area contributed by atoms with Crippen molar-refractivity contribution in [2.75, 3.05) is 19.7 Å². The lowest BCUT2D eigenvalue weighted by molar-refractivity contribution is -0.132. The van der Waals surface area contributed by atoms with E-state index in [1.165, 1.54) is 0 Å². The van der Waals surface area contributed by atoms with Crippen molar-refractivity contribution in [3.05, 3.63) is 28.7 Å². The van der Waals surface area contributed by atoms with E-state index in [1.54, 1.807) is 11.0 Å². The van der Waals surface area contributed by atoms with Gasteiger partial charge in [0.1, 0.15) is 5.75 Å². The zero-order valence-electron chi connectivity index (χ0n) is 9.30. The second kappa shape index (κ2) is 5.51. The molecule has 1 amide bonds. The number of β-amino-alcohol motifs (C(OH)–C–C–N with tert-alkyl or cyclic N) is 1. The Balaban J connectivity index is 1.86. The lowest BCUT2D eigenvalue weighted by atomic mass is 10.3. The van der Waals surface area contributed by atoms with Crippen molar-refractivity contribution in [2.24, 2.45) is 0 Å². The van der Waals surface area contributed by atoms with Crippen LogP contribution in [0, 0.1) is 0 Å². The van der Waals surface area contributed by atoms with Gasteiger partial charge in [0, 0.05) is 13.1 Å². The maximum absolute atomic E-state index is 11.8. The highest BCUT2D eigenvalue weighted by Crippen LogP contribution is 2.23. The van der Waals surface area contributed by atoms with Gasteiger partial charge in [-0.05, 0) is 34.5 Å². The number of rotatable bonds is 3. The predicted octanol–water partition coefficient (Wildman–Crippen LogP) is 1.42. The summed E-state index contributed by atoms with van der Waals surface area (Å²) in [6.45, 7) is 1.03. The first-order valence-electron chi connectivity index (χ1n) is 5.50. The van der Waals surface area contributed by atoms with E-state index in [2.05, 4.69) is 15.9 Å². The summed E-state index contributed by atoms with van der Waals surface area (Å²) in [7, 11) is 0. The predicted molar refractivity (Wildman–Crippen MR) is 66.8 cm³/mol. The van der Waals surface area contributed by atoms with Crippen LogP contribution in [-0.4, -0.2) is 41.7 Å². The van der Waals surface area contributed by atoms with Crippen LogP contribution in [0.15, 0.2) is 28.7 Å². The average molecular weight is 300 g/mol. The zero-order chi connectivity index (χ0) is 12.3. The molecule has 1 aliphatic rings. The largest absolute Gasteiger partial charge is 0.483 e. The van der Waals surface area contributed by atoms with Crippen LogP contribution in [0.2, 0.25) is 0 Å². The number of halogens is 1. The van der Waals surface area contributed by atoms with E-state index in [0.29, 0.717) is 25.3 Å². The first kappa shape index (κ1) is 12.4. The highest BCUT2D eigenvalue weighted by molar-refractivity contribution is 9.10. The molecule has 0 radical (unpaired) electrons. The first-order valence-corrected chi connectivity index (χ1v) is 6.29. The molecule has 2 rings (SSSR count). The molecule has 0 bridgehead atoms. The van der Waals surface area contributed by atoms with Gasteiger partial charge in [0.2, 0.25) is 0 Å². The fourth-order valence-corrected chi connectivity index (χ4v) is 2.16. The molecule has 1 saturated heterocycles. The Kier molecular flexibility index (Phi) is 4.02. The van der Waals surface area contributed by atoms with Gasteiger partial charge in [0.15, 0.2) is 6.61 Å². The molecule has 1 aromatic carbocycles. The summed E-state index contributed by atoms with van der Waals surface area (Å²) in [5, 5.41) is 9.34. The lowest BCUT2D eigenvalue weighted by Gasteiger charge is -2.16. The highest BCUT2D eigenvalue weighted by Gasteiger charge is 2.24. The van der Waals surface area contributed by atoms with Crippen molar-refractivity contribution in [2.45, 2.75) is 12.5 Å². The topological polar surface area (TPSA) is 49.8 Å². The fraction of sp³-hybridized carbons (Fsp3) is 0.417. The van der Waals surface area contributed by atoms with Crippen molar-refractivity contribution in [1.29, 1.82) is 0 Å². The molecule has 1 aromatic rings. The maximum Gasteiger partial charge on any atom is 0.260 e. The van der Waals surface area contributed by atoms with Gasteiger partial charge in [0.25, 0.3) is 5.91 Å². The summed E-state index contributed by atoms with van der Waals surface area (Å²) in [5.41, 5.74) is 0. The van der Waals surface area contributed by atoms with E-state index in [0.717, 1.165) is 4.47 Å². The van der Waals surface area contributed by atoms with E-state index in [9.17, 15) is 9.90 Å². The van der Waals surface area contributed by atoms with Crippen molar-refractivity contribution in [1.82, 2.24) is 4.90 Å². The molecule has 17 heavy (non-hydrogen) atoms. The monoisotopic (exact) mass is 299 g/mol. The Hall–Kier alpha value is -1.07. The summed E-state index contributed by atoms with van der Waals surface area (Å²) in [6.07, 6.45) is 0.267. The molecule has 0 aliphatic carbocycles. The van der Waals surface area contributed by atoms with Gasteiger partial charge < -0.3 is 14.7 Å². The minimum Gasteiger partial charge on any atom is -0.483 e. The maximum atomic E-state index is 11.8. The molecule has 0 saturated carbocycles. The van der Waals surface area contributed by atoms with Crippen LogP contribution >= 0.6 is 15.9 Å². The molecule has 1 heterocycles. The molecule has 1 atom stereocenters. The number of aliphatic hydroxyl groups excluding tert-OH is 1. The lowest BCUT2D eigenvalue weighted by Crippen LogP contribution is -2.33. The fourth-order valence-electron chi connectivity index (χ4n) is 1.76. The number of likely N-dealkylation sites (tertiary alicyclic amines) is 1. The molecule has 4 nitrogen and oxygen atoms in total. The number of nitrogens with zero attached hydrogens (tertiary/aromatic N) is 1. The second-order valence-corrected chi connectivity index (χ2v) is 4.86. The van der Waals surface area contributed by atoms with Crippen molar-refractivity contribution in [3.63, 3.8) is 0 Å². The summed E-state index contributed by atoms with van der Waals surface area (Å²) < 4.78 is 6.25. The number of benzene rings is 1. The van der Waals surface area contributed by atoms with Crippen molar-refractivity contribution < 1.29 is 14.6 Å². The van der Waals surface area contributed by atoms with E-state index in [4.69, 9.17) is 4.74 Å². The number of hydrogen-bond acceptors (Lipinski definition) is 3. The van der Waals surface area contributed by atoms with Crippen LogP contribution in [0.25, 0.3) is 0 Å². The molecule has 0 spiro atoms. The second-order valence-electron chi connectivity index (χ2n) is 4.00. The highest BCUT2D eigenvalue weighted by atomic mass is 79.9. The third kappa shape index (κ3) is 3.20. The molecule has 0 unspecified atom stereocenters. The molecule has 1 N–H and O–H groups in total. The molecular weight excluding hydrogens is 286 g/mol. The molecule has 5 heteroatoms. The number of carbonyl (C=O) groups is 1. The first-order chi connectivity index (χ1) is 8.16. The van der Waals surface area contributed by atoms with Gasteiger partial charge in [-0.3, -0.25) is 4.79 Å². The van der Waals surface area contributed by atoms with Gasteiger partial charge in [-0.2, -0.15) is 0 Å². The SMILES string of the molecule is O=C(COc1ccccc1Br)N1CC[C@@H](O)C1. The smallest absolute Gasteiger partial charge is 0.260 e. The van der Waals surface area contributed by atoms with Gasteiger partial charge >= 0.3 is 0 Å². The van der Waals surface area contributed by atoms with Crippen molar-refractivity contribution >= 4 is 21.8 Å². The van der Waals surface area contributed by atoms with E-state index in [-0.39, 0.29) is 18.6 Å². The molecular formula is C12H14BrNO3. The Morgan fingerprint density at radius 2 is 2.29 bits per heavy atom. The van der Waals surface area contributed by atoms with Crippen LogP contribution in [0.1, 0.15) is 6.42 Å². The number of carbonyl (C=O) groups excluding carboxylic acids is 1. The van der Waals surface area contributed by atoms with Crippen molar-refractivity contribution in [3.8, 4) is 5.75 Å². The van der Waals surface area contributed by atoms with E-state index >= 15 is 0 Å². The number of hydrogen-bond donors (Lipinski definition) is 1. The molecule has 0 aromatic heterocycles. The quantitative estimate of drug-likeness (QED) is 0.918. The van der Waals surface area contributed by atoms with E-state index < -0.39 is 0 Å². The summed E-state index contributed by atoms with van der Waals surface area (Å²) >= 11 is 3.35. The summed E-state index contributed by atoms with van der Waals surface area (Å²) in [4.78, 5) is 13.4. The van der Waals surface area contributed by atoms with Crippen LogP contribution in [0.5, 0.6) is 5.75 Å². The van der Waals surface area contributed by atoms with E-state index in [1.807, 2.05) is 18.2 Å². The van der Waals surface area contributed by atoms with Crippen LogP contribution in [0.3, 0.4) is 0 Å². The van der Waals surface area contributed by atoms with Gasteiger partial charge in [-0.1, -0.05) is 12.1 Å². The van der Waals surface area contributed by atoms with Gasteiger partial charge in [-0.25, -0.2) is 0 Å². The molecule has 1 fully saturated rings. The minimum absolute atomic E-state index is 0.00926. The molecule has 92 valence electrons. The Labute approximate surface area is 108 Å². The van der Waals surface area contributed by atoms with Crippen LogP contribution < -0.4 is 4.74 Å². The number of ether oxygens (including phenoxy) is 1. The standard InChI is InChI=1S/C12H14BrNO3/c13-10-3-1-2-4-11(10)17-8-12(16)14-6-5-9(15)7-14/h1-4,9,15H,5-8H2/t9-/m1/s1. The molecule has 1 aliphatic heterocycles. The third-order valence-corrected chi connectivity index (χ3v) is 3.36. The number of amides is 1. The van der Waals surface area contributed by atoms with Gasteiger partial charge in [-0.15, -0.1) is 0 Å². The normalized spacial score (nSPS) is 19.4. The zero-order valence-corrected chi connectivity index (χ0v) is 10.9. The Morgan fingerprint density at radius 1 is 1.53 bits per heavy atom. The minimum atomic E-state index is -0.387.